The molecular weight excluding hydrogens is 324 g/mol. The number of amides is 2. The zero-order chi connectivity index (χ0) is 18.0. The molecule has 0 fully saturated rings. The Morgan fingerprint density at radius 2 is 2.12 bits per heavy atom. The zero-order valence-corrected chi connectivity index (χ0v) is 13.9. The molecule has 0 radical (unpaired) electrons. The number of fused-ring (bicyclic) bond motifs is 1. The number of hydrogen-bond donors (Lipinski definition) is 3. The van der Waals surface area contributed by atoms with Crippen LogP contribution >= 0.6 is 0 Å². The van der Waals surface area contributed by atoms with E-state index in [1.54, 1.807) is 22.8 Å². The molecule has 130 valence electrons. The fourth-order valence-corrected chi connectivity index (χ4v) is 2.45. The van der Waals surface area contributed by atoms with Crippen LogP contribution in [0.15, 0.2) is 28.8 Å². The minimum atomic E-state index is -0.323. The lowest BCUT2D eigenvalue weighted by Gasteiger charge is -2.04. The van der Waals surface area contributed by atoms with E-state index in [2.05, 4.69) is 20.6 Å². The van der Waals surface area contributed by atoms with Crippen molar-refractivity contribution in [2.45, 2.75) is 20.0 Å². The van der Waals surface area contributed by atoms with Crippen LogP contribution in [0.4, 0.5) is 5.95 Å². The number of nitrogens with one attached hydrogen (secondary N) is 2. The van der Waals surface area contributed by atoms with E-state index >= 15 is 0 Å². The molecule has 0 atom stereocenters. The summed E-state index contributed by atoms with van der Waals surface area (Å²) >= 11 is 0. The third-order valence-electron chi connectivity index (χ3n) is 3.73. The number of nitrogens with zero attached hydrogens (tertiary/aromatic N) is 3. The number of nitrogens with two attached hydrogens (primary N) is 1. The molecule has 9 heteroatoms. The molecule has 0 saturated heterocycles. The first-order valence-corrected chi connectivity index (χ1v) is 7.74. The van der Waals surface area contributed by atoms with Crippen LogP contribution < -0.4 is 16.4 Å². The molecule has 2 amide bonds. The lowest BCUT2D eigenvalue weighted by molar-refractivity contribution is 0.0933. The fraction of sp³-hybridized carbons (Fsp3) is 0.250. The molecule has 0 unspecified atom stereocenters. The predicted molar refractivity (Wildman–Crippen MR) is 90.9 cm³/mol. The number of furan rings is 1. The highest BCUT2D eigenvalue weighted by atomic mass is 16.4. The van der Waals surface area contributed by atoms with Gasteiger partial charge in [0, 0.05) is 19.8 Å². The average molecular weight is 342 g/mol. The molecule has 0 bridgehead atoms. The minimum Gasteiger partial charge on any atom is -0.454 e. The maximum atomic E-state index is 12.3. The van der Waals surface area contributed by atoms with E-state index in [-0.39, 0.29) is 24.1 Å². The van der Waals surface area contributed by atoms with Crippen molar-refractivity contribution in [2.24, 2.45) is 0 Å². The number of carbonyl (C=O) groups excluding carboxylic acids is 2. The molecule has 4 N–H and O–H groups in total. The van der Waals surface area contributed by atoms with Gasteiger partial charge in [-0.2, -0.15) is 0 Å². The molecule has 9 nitrogen and oxygen atoms in total. The van der Waals surface area contributed by atoms with Gasteiger partial charge in [0.1, 0.15) is 11.3 Å². The van der Waals surface area contributed by atoms with E-state index in [0.29, 0.717) is 35.0 Å². The number of anilines is 1. The summed E-state index contributed by atoms with van der Waals surface area (Å²) in [5.74, 6) is 0.379. The lowest BCUT2D eigenvalue weighted by atomic mass is 10.2. The molecule has 0 aliphatic carbocycles. The topological polar surface area (TPSA) is 128 Å². The molecule has 3 aromatic heterocycles. The van der Waals surface area contributed by atoms with Gasteiger partial charge in [0.15, 0.2) is 11.4 Å². The van der Waals surface area contributed by atoms with Crippen LogP contribution in [0.3, 0.4) is 0 Å². The second-order valence-corrected chi connectivity index (χ2v) is 5.31. The Morgan fingerprint density at radius 3 is 2.84 bits per heavy atom. The van der Waals surface area contributed by atoms with Crippen molar-refractivity contribution in [3.8, 4) is 0 Å². The van der Waals surface area contributed by atoms with Crippen molar-refractivity contribution in [2.75, 3.05) is 12.8 Å². The van der Waals surface area contributed by atoms with E-state index in [9.17, 15) is 9.59 Å². The smallest absolute Gasteiger partial charge is 0.286 e. The Kier molecular flexibility index (Phi) is 4.38. The molecule has 3 aromatic rings. The second kappa shape index (κ2) is 6.63. The van der Waals surface area contributed by atoms with Gasteiger partial charge in [-0.15, -0.1) is 0 Å². The van der Waals surface area contributed by atoms with Crippen molar-refractivity contribution >= 4 is 28.9 Å². The fourth-order valence-electron chi connectivity index (χ4n) is 2.45. The van der Waals surface area contributed by atoms with Crippen molar-refractivity contribution in [3.63, 3.8) is 0 Å². The molecule has 0 aromatic carbocycles. The summed E-state index contributed by atoms with van der Waals surface area (Å²) in [6.45, 7) is 2.74. The molecule has 0 aliphatic rings. The summed E-state index contributed by atoms with van der Waals surface area (Å²) in [6.07, 6.45) is 1.48. The molecule has 25 heavy (non-hydrogen) atoms. The minimum absolute atomic E-state index is 0.152. The summed E-state index contributed by atoms with van der Waals surface area (Å²) in [4.78, 5) is 32.2. The molecule has 3 rings (SSSR count). The predicted octanol–water partition coefficient (Wildman–Crippen LogP) is 0.916. The van der Waals surface area contributed by atoms with Gasteiger partial charge in [-0.05, 0) is 25.1 Å². The van der Waals surface area contributed by atoms with Gasteiger partial charge in [0.05, 0.1) is 12.1 Å². The van der Waals surface area contributed by atoms with E-state index < -0.39 is 0 Å². The van der Waals surface area contributed by atoms with Crippen LogP contribution in [0.5, 0.6) is 0 Å². The standard InChI is InChI=1S/C16H18N6O3/c1-3-22-13-11(21-16(22)17)6-9(7-19-13)14(23)20-8-10-4-5-12(25-10)15(24)18-2/h4-7H,3,8H2,1-2H3,(H2,17,21)(H,18,24)(H,20,23). The lowest BCUT2D eigenvalue weighted by Crippen LogP contribution is -2.22. The van der Waals surface area contributed by atoms with Gasteiger partial charge in [-0.3, -0.25) is 14.2 Å². The van der Waals surface area contributed by atoms with Crippen LogP contribution in [0.2, 0.25) is 0 Å². The highest BCUT2D eigenvalue weighted by Gasteiger charge is 2.14. The zero-order valence-electron chi connectivity index (χ0n) is 13.9. The van der Waals surface area contributed by atoms with Crippen molar-refractivity contribution in [1.29, 1.82) is 0 Å². The third-order valence-corrected chi connectivity index (χ3v) is 3.73. The van der Waals surface area contributed by atoms with Gasteiger partial charge >= 0.3 is 0 Å². The number of aromatic nitrogens is 3. The number of rotatable bonds is 5. The monoisotopic (exact) mass is 342 g/mol. The first-order chi connectivity index (χ1) is 12.0. The maximum absolute atomic E-state index is 12.3. The molecule has 0 aliphatic heterocycles. The second-order valence-electron chi connectivity index (χ2n) is 5.31. The van der Waals surface area contributed by atoms with Crippen molar-refractivity contribution in [3.05, 3.63) is 41.5 Å². The van der Waals surface area contributed by atoms with E-state index in [4.69, 9.17) is 10.2 Å². The number of nitrogen functional groups attached to an aromatic ring is 1. The van der Waals surface area contributed by atoms with Crippen LogP contribution in [0.25, 0.3) is 11.2 Å². The normalized spacial score (nSPS) is 10.8. The number of aryl methyl sites for hydroxylation is 1. The molecule has 0 saturated carbocycles. The Balaban J connectivity index is 1.72. The SMILES string of the molecule is CCn1c(N)nc2cc(C(=O)NCc3ccc(C(=O)NC)o3)cnc21. The van der Waals surface area contributed by atoms with Crippen molar-refractivity contribution in [1.82, 2.24) is 25.2 Å². The quantitative estimate of drug-likeness (QED) is 0.632. The summed E-state index contributed by atoms with van der Waals surface area (Å²) < 4.78 is 7.12. The van der Waals surface area contributed by atoms with E-state index in [1.807, 2.05) is 6.92 Å². The van der Waals surface area contributed by atoms with E-state index in [0.717, 1.165) is 0 Å². The van der Waals surface area contributed by atoms with Gasteiger partial charge in [0.2, 0.25) is 5.95 Å². The van der Waals surface area contributed by atoms with Gasteiger partial charge in [-0.1, -0.05) is 0 Å². The van der Waals surface area contributed by atoms with Gasteiger partial charge < -0.3 is 20.8 Å². The Labute approximate surface area is 143 Å². The molecular formula is C16H18N6O3. The molecule has 3 heterocycles. The summed E-state index contributed by atoms with van der Waals surface area (Å²) in [6, 6.07) is 4.82. The molecule has 0 spiro atoms. The van der Waals surface area contributed by atoms with Crippen molar-refractivity contribution < 1.29 is 14.0 Å². The first-order valence-electron chi connectivity index (χ1n) is 7.74. The third kappa shape index (κ3) is 3.16. The van der Waals surface area contributed by atoms with Crippen LogP contribution in [0.1, 0.15) is 33.6 Å². The van der Waals surface area contributed by atoms with Crippen LogP contribution in [-0.2, 0) is 13.1 Å². The van der Waals surface area contributed by atoms with Gasteiger partial charge in [0.25, 0.3) is 11.8 Å². The summed E-state index contributed by atoms with van der Waals surface area (Å²) in [5, 5.41) is 5.18. The average Bonchev–Trinajstić information content (AvgIpc) is 3.21. The number of carbonyl (C=O) groups is 2. The van der Waals surface area contributed by atoms with Gasteiger partial charge in [-0.25, -0.2) is 9.97 Å². The number of imidazole rings is 1. The first kappa shape index (κ1) is 16.5. The maximum Gasteiger partial charge on any atom is 0.286 e. The Bertz CT molecular complexity index is 943. The van der Waals surface area contributed by atoms with E-state index in [1.165, 1.54) is 13.2 Å². The summed E-state index contributed by atoms with van der Waals surface area (Å²) in [5.41, 5.74) is 7.39. The number of hydrogen-bond acceptors (Lipinski definition) is 6. The van der Waals surface area contributed by atoms with Crippen LogP contribution in [-0.4, -0.2) is 33.4 Å². The number of pyridine rings is 1. The highest BCUT2D eigenvalue weighted by molar-refractivity contribution is 5.96. The highest BCUT2D eigenvalue weighted by Crippen LogP contribution is 2.17. The largest absolute Gasteiger partial charge is 0.454 e. The Morgan fingerprint density at radius 1 is 1.32 bits per heavy atom. The van der Waals surface area contributed by atoms with Crippen LogP contribution in [0, 0.1) is 0 Å². The summed E-state index contributed by atoms with van der Waals surface area (Å²) in [7, 11) is 1.52. The Hall–Kier alpha value is -3.36.